The number of carbonyl (C=O) groups excluding carboxylic acids is 2. The zero-order valence-corrected chi connectivity index (χ0v) is 19.0. The minimum absolute atomic E-state index is 0.0805. The Bertz CT molecular complexity index is 815. The lowest BCUT2D eigenvalue weighted by molar-refractivity contribution is -0.138. The summed E-state index contributed by atoms with van der Waals surface area (Å²) < 4.78 is 0. The fraction of sp³-hybridized carbons (Fsp3) is 0.364. The molecule has 4 nitrogen and oxygen atoms in total. The monoisotopic (exact) mass is 452 g/mol. The Hall–Kier alpha value is -1.69. The fourth-order valence-corrected chi connectivity index (χ4v) is 3.94. The van der Waals surface area contributed by atoms with Crippen molar-refractivity contribution in [2.75, 3.05) is 12.3 Å². The van der Waals surface area contributed by atoms with Gasteiger partial charge in [-0.3, -0.25) is 9.59 Å². The summed E-state index contributed by atoms with van der Waals surface area (Å²) >= 11 is 13.5. The molecule has 2 amide bonds. The molecule has 0 bridgehead atoms. The van der Waals surface area contributed by atoms with Crippen molar-refractivity contribution in [3.05, 3.63) is 69.7 Å². The standard InChI is InChI=1S/C22H26Cl2N2O2S/c1-3-11-25-22(28)16(2)26(13-18-5-4-6-20(24)12-18)21(27)15-29-14-17-7-9-19(23)10-8-17/h4-10,12,16H,3,11,13-15H2,1-2H3,(H,25,28). The molecule has 29 heavy (non-hydrogen) atoms. The summed E-state index contributed by atoms with van der Waals surface area (Å²) in [6, 6.07) is 14.4. The molecule has 0 aliphatic heterocycles. The lowest BCUT2D eigenvalue weighted by Gasteiger charge is -2.28. The van der Waals surface area contributed by atoms with Crippen LogP contribution >= 0.6 is 35.0 Å². The smallest absolute Gasteiger partial charge is 0.242 e. The number of hydrogen-bond acceptors (Lipinski definition) is 3. The second kappa shape index (κ2) is 12.1. The molecule has 0 aromatic heterocycles. The quantitative estimate of drug-likeness (QED) is 0.540. The molecule has 0 aliphatic rings. The lowest BCUT2D eigenvalue weighted by Crippen LogP contribution is -2.48. The van der Waals surface area contributed by atoms with Crippen LogP contribution in [0.5, 0.6) is 0 Å². The Balaban J connectivity index is 2.04. The van der Waals surface area contributed by atoms with Gasteiger partial charge in [0.25, 0.3) is 0 Å². The average Bonchev–Trinajstić information content (AvgIpc) is 2.71. The third-order valence-corrected chi connectivity index (χ3v) is 5.84. The molecule has 7 heteroatoms. The van der Waals surface area contributed by atoms with Gasteiger partial charge in [0.15, 0.2) is 0 Å². The highest BCUT2D eigenvalue weighted by atomic mass is 35.5. The molecular weight excluding hydrogens is 427 g/mol. The molecule has 2 aromatic rings. The highest BCUT2D eigenvalue weighted by molar-refractivity contribution is 7.99. The largest absolute Gasteiger partial charge is 0.354 e. The average molecular weight is 453 g/mol. The van der Waals surface area contributed by atoms with Crippen molar-refractivity contribution in [1.29, 1.82) is 0 Å². The Labute approximate surface area is 187 Å². The van der Waals surface area contributed by atoms with Crippen LogP contribution in [-0.4, -0.2) is 35.1 Å². The van der Waals surface area contributed by atoms with E-state index in [1.165, 1.54) is 11.8 Å². The maximum atomic E-state index is 13.0. The summed E-state index contributed by atoms with van der Waals surface area (Å²) in [6.07, 6.45) is 0.845. The van der Waals surface area contributed by atoms with Gasteiger partial charge in [0, 0.05) is 28.9 Å². The van der Waals surface area contributed by atoms with Crippen LogP contribution in [0.2, 0.25) is 10.0 Å². The van der Waals surface area contributed by atoms with Gasteiger partial charge in [0.05, 0.1) is 5.75 Å². The molecule has 1 atom stereocenters. The SMILES string of the molecule is CCCNC(=O)C(C)N(Cc1cccc(Cl)c1)C(=O)CSCc1ccc(Cl)cc1. The molecule has 0 fully saturated rings. The molecule has 0 spiro atoms. The van der Waals surface area contributed by atoms with Crippen LogP contribution in [0.15, 0.2) is 48.5 Å². The van der Waals surface area contributed by atoms with Crippen LogP contribution in [0.1, 0.15) is 31.4 Å². The number of amides is 2. The van der Waals surface area contributed by atoms with Crippen LogP contribution in [0.25, 0.3) is 0 Å². The molecule has 0 aliphatic carbocycles. The maximum absolute atomic E-state index is 13.0. The number of thioether (sulfide) groups is 1. The van der Waals surface area contributed by atoms with E-state index >= 15 is 0 Å². The van der Waals surface area contributed by atoms with Crippen molar-refractivity contribution in [1.82, 2.24) is 10.2 Å². The van der Waals surface area contributed by atoms with Gasteiger partial charge in [-0.25, -0.2) is 0 Å². The number of nitrogens with zero attached hydrogens (tertiary/aromatic N) is 1. The summed E-state index contributed by atoms with van der Waals surface area (Å²) in [5, 5.41) is 4.17. The van der Waals surface area contributed by atoms with Crippen LogP contribution < -0.4 is 5.32 Å². The second-order valence-electron chi connectivity index (χ2n) is 6.74. The van der Waals surface area contributed by atoms with Crippen molar-refractivity contribution >= 4 is 46.8 Å². The topological polar surface area (TPSA) is 49.4 Å². The van der Waals surface area contributed by atoms with E-state index in [-0.39, 0.29) is 17.6 Å². The first-order chi connectivity index (χ1) is 13.9. The molecule has 156 valence electrons. The number of rotatable bonds is 10. The number of halogens is 2. The van der Waals surface area contributed by atoms with Gasteiger partial charge in [-0.1, -0.05) is 54.4 Å². The minimum atomic E-state index is -0.566. The highest BCUT2D eigenvalue weighted by Crippen LogP contribution is 2.19. The van der Waals surface area contributed by atoms with Gasteiger partial charge in [0.2, 0.25) is 11.8 Å². The van der Waals surface area contributed by atoms with Gasteiger partial charge in [0.1, 0.15) is 6.04 Å². The summed E-state index contributed by atoms with van der Waals surface area (Å²) in [5.41, 5.74) is 1.99. The third kappa shape index (κ3) is 7.92. The Kier molecular flexibility index (Phi) is 9.85. The van der Waals surface area contributed by atoms with Gasteiger partial charge in [-0.15, -0.1) is 11.8 Å². The molecule has 0 radical (unpaired) electrons. The second-order valence-corrected chi connectivity index (χ2v) is 8.60. The number of carbonyl (C=O) groups is 2. The van der Waals surface area contributed by atoms with E-state index < -0.39 is 6.04 Å². The Morgan fingerprint density at radius 1 is 1.07 bits per heavy atom. The zero-order valence-electron chi connectivity index (χ0n) is 16.7. The molecule has 0 saturated carbocycles. The zero-order chi connectivity index (χ0) is 21.2. The van der Waals surface area contributed by atoms with Crippen LogP contribution in [-0.2, 0) is 21.9 Å². The van der Waals surface area contributed by atoms with Gasteiger partial charge in [-0.2, -0.15) is 0 Å². The Morgan fingerprint density at radius 2 is 1.79 bits per heavy atom. The summed E-state index contributed by atoms with van der Waals surface area (Å²) in [4.78, 5) is 27.1. The van der Waals surface area contributed by atoms with Crippen molar-refractivity contribution in [2.24, 2.45) is 0 Å². The molecule has 0 heterocycles. The maximum Gasteiger partial charge on any atom is 0.242 e. The molecule has 0 saturated heterocycles. The normalized spacial score (nSPS) is 11.7. The molecule has 2 rings (SSSR count). The van der Waals surface area contributed by atoms with Gasteiger partial charge >= 0.3 is 0 Å². The third-order valence-electron chi connectivity index (χ3n) is 4.37. The number of benzene rings is 2. The van der Waals surface area contributed by atoms with Crippen LogP contribution in [0.4, 0.5) is 0 Å². The van der Waals surface area contributed by atoms with E-state index in [0.717, 1.165) is 17.5 Å². The van der Waals surface area contributed by atoms with E-state index in [1.807, 2.05) is 49.4 Å². The van der Waals surface area contributed by atoms with E-state index in [4.69, 9.17) is 23.2 Å². The first-order valence-corrected chi connectivity index (χ1v) is 11.5. The predicted molar refractivity (Wildman–Crippen MR) is 122 cm³/mol. The molecule has 2 aromatic carbocycles. The minimum Gasteiger partial charge on any atom is -0.354 e. The van der Waals surface area contributed by atoms with Crippen molar-refractivity contribution in [2.45, 2.75) is 38.6 Å². The fourth-order valence-electron chi connectivity index (χ4n) is 2.73. The van der Waals surface area contributed by atoms with E-state index in [0.29, 0.717) is 28.9 Å². The molecule has 1 N–H and O–H groups in total. The molecule has 1 unspecified atom stereocenters. The summed E-state index contributed by atoms with van der Waals surface area (Å²) in [5.74, 6) is 0.756. The first kappa shape index (κ1) is 23.6. The van der Waals surface area contributed by atoms with Crippen LogP contribution in [0.3, 0.4) is 0 Å². The van der Waals surface area contributed by atoms with Crippen molar-refractivity contribution < 1.29 is 9.59 Å². The van der Waals surface area contributed by atoms with Gasteiger partial charge < -0.3 is 10.2 Å². The first-order valence-electron chi connectivity index (χ1n) is 9.54. The van der Waals surface area contributed by atoms with Crippen molar-refractivity contribution in [3.63, 3.8) is 0 Å². The highest BCUT2D eigenvalue weighted by Gasteiger charge is 2.25. The Morgan fingerprint density at radius 3 is 2.45 bits per heavy atom. The van der Waals surface area contributed by atoms with Gasteiger partial charge in [-0.05, 0) is 48.7 Å². The van der Waals surface area contributed by atoms with Crippen molar-refractivity contribution in [3.8, 4) is 0 Å². The van der Waals surface area contributed by atoms with Crippen LogP contribution in [0, 0.1) is 0 Å². The van der Waals surface area contributed by atoms with E-state index in [9.17, 15) is 9.59 Å². The van der Waals surface area contributed by atoms with E-state index in [1.54, 1.807) is 17.9 Å². The predicted octanol–water partition coefficient (Wildman–Crippen LogP) is 5.17. The lowest BCUT2D eigenvalue weighted by atomic mass is 10.1. The van der Waals surface area contributed by atoms with E-state index in [2.05, 4.69) is 5.32 Å². The summed E-state index contributed by atoms with van der Waals surface area (Å²) in [7, 11) is 0. The number of nitrogens with one attached hydrogen (secondary N) is 1. The number of hydrogen-bond donors (Lipinski definition) is 1. The summed E-state index contributed by atoms with van der Waals surface area (Å²) in [6.45, 7) is 4.68. The molecular formula is C22H26Cl2N2O2S.